The lowest BCUT2D eigenvalue weighted by Gasteiger charge is -2.11. The maximum atomic E-state index is 11.6. The van der Waals surface area contributed by atoms with Crippen molar-refractivity contribution in [3.05, 3.63) is 16.9 Å². The molecule has 1 saturated carbocycles. The SMILES string of the molecule is C[C@H](C(=O)NC1CC1)n1cc(Br)cn1. The summed E-state index contributed by atoms with van der Waals surface area (Å²) in [5.74, 6) is 0.0445. The smallest absolute Gasteiger partial charge is 0.244 e. The Labute approximate surface area is 90.8 Å². The van der Waals surface area contributed by atoms with E-state index in [1.54, 1.807) is 17.1 Å². The van der Waals surface area contributed by atoms with Gasteiger partial charge < -0.3 is 5.32 Å². The summed E-state index contributed by atoms with van der Waals surface area (Å²) in [5, 5.41) is 7.02. The highest BCUT2D eigenvalue weighted by Gasteiger charge is 2.26. The summed E-state index contributed by atoms with van der Waals surface area (Å²) in [6.07, 6.45) is 5.71. The normalized spacial score (nSPS) is 17.9. The molecule has 2 rings (SSSR count). The lowest BCUT2D eigenvalue weighted by Crippen LogP contribution is -2.32. The summed E-state index contributed by atoms with van der Waals surface area (Å²) in [6.45, 7) is 1.84. The molecule has 1 aliphatic carbocycles. The summed E-state index contributed by atoms with van der Waals surface area (Å²) in [5.41, 5.74) is 0. The van der Waals surface area contributed by atoms with Gasteiger partial charge in [-0.2, -0.15) is 5.10 Å². The van der Waals surface area contributed by atoms with Crippen molar-refractivity contribution in [3.63, 3.8) is 0 Å². The molecule has 5 heteroatoms. The molecule has 1 fully saturated rings. The molecule has 4 nitrogen and oxygen atoms in total. The second-order valence-electron chi connectivity index (χ2n) is 3.60. The van der Waals surface area contributed by atoms with Crippen molar-refractivity contribution < 1.29 is 4.79 Å². The molecule has 1 N–H and O–H groups in total. The van der Waals surface area contributed by atoms with E-state index in [9.17, 15) is 4.79 Å². The van der Waals surface area contributed by atoms with Crippen molar-refractivity contribution in [2.24, 2.45) is 0 Å². The Morgan fingerprint density at radius 2 is 2.50 bits per heavy atom. The lowest BCUT2D eigenvalue weighted by atomic mass is 10.3. The average Bonchev–Trinajstić information content (AvgIpc) is 2.85. The zero-order chi connectivity index (χ0) is 10.1. The summed E-state index contributed by atoms with van der Waals surface area (Å²) in [7, 11) is 0. The van der Waals surface area contributed by atoms with Gasteiger partial charge in [-0.05, 0) is 35.7 Å². The zero-order valence-electron chi connectivity index (χ0n) is 7.90. The number of aromatic nitrogens is 2. The summed E-state index contributed by atoms with van der Waals surface area (Å²) < 4.78 is 2.55. The van der Waals surface area contributed by atoms with Gasteiger partial charge in [-0.3, -0.25) is 9.48 Å². The topological polar surface area (TPSA) is 46.9 Å². The van der Waals surface area contributed by atoms with E-state index < -0.39 is 0 Å². The standard InChI is InChI=1S/C9H12BrN3O/c1-6(9(14)12-8-2-3-8)13-5-7(10)4-11-13/h4-6,8H,2-3H2,1H3,(H,12,14)/t6-/m1/s1. The molecule has 1 amide bonds. The molecule has 0 unspecified atom stereocenters. The predicted molar refractivity (Wildman–Crippen MR) is 55.8 cm³/mol. The van der Waals surface area contributed by atoms with Crippen LogP contribution >= 0.6 is 15.9 Å². The van der Waals surface area contributed by atoms with Gasteiger partial charge in [0.2, 0.25) is 5.91 Å². The molecule has 1 aliphatic rings. The molecule has 14 heavy (non-hydrogen) atoms. The third kappa shape index (κ3) is 2.15. The Hall–Kier alpha value is -0.840. The quantitative estimate of drug-likeness (QED) is 0.892. The van der Waals surface area contributed by atoms with Gasteiger partial charge in [0.25, 0.3) is 0 Å². The average molecular weight is 258 g/mol. The number of hydrogen-bond donors (Lipinski definition) is 1. The number of halogens is 1. The van der Waals surface area contributed by atoms with Crippen LogP contribution in [0.15, 0.2) is 16.9 Å². The lowest BCUT2D eigenvalue weighted by molar-refractivity contribution is -0.124. The number of hydrogen-bond acceptors (Lipinski definition) is 2. The van der Waals surface area contributed by atoms with E-state index in [0.29, 0.717) is 6.04 Å². The van der Waals surface area contributed by atoms with Crippen LogP contribution in [0.4, 0.5) is 0 Å². The minimum atomic E-state index is -0.234. The Balaban J connectivity index is 1.99. The number of nitrogens with zero attached hydrogens (tertiary/aromatic N) is 2. The first-order valence-corrected chi connectivity index (χ1v) is 5.46. The van der Waals surface area contributed by atoms with Crippen molar-refractivity contribution in [2.45, 2.75) is 31.8 Å². The Kier molecular flexibility index (Phi) is 2.58. The van der Waals surface area contributed by atoms with E-state index in [0.717, 1.165) is 17.3 Å². The number of rotatable bonds is 3. The molecule has 1 aromatic rings. The second-order valence-corrected chi connectivity index (χ2v) is 4.51. The van der Waals surface area contributed by atoms with Crippen molar-refractivity contribution in [1.82, 2.24) is 15.1 Å². The van der Waals surface area contributed by atoms with Gasteiger partial charge in [0.1, 0.15) is 6.04 Å². The summed E-state index contributed by atoms with van der Waals surface area (Å²) in [6, 6.07) is 0.172. The van der Waals surface area contributed by atoms with Gasteiger partial charge in [-0.1, -0.05) is 0 Å². The van der Waals surface area contributed by atoms with E-state index in [2.05, 4.69) is 26.3 Å². The molecule has 1 aromatic heterocycles. The van der Waals surface area contributed by atoms with Gasteiger partial charge in [-0.25, -0.2) is 0 Å². The van der Waals surface area contributed by atoms with Gasteiger partial charge in [0.05, 0.1) is 10.7 Å². The first-order valence-electron chi connectivity index (χ1n) is 4.67. The predicted octanol–water partition coefficient (Wildman–Crippen LogP) is 1.49. The molecule has 0 spiro atoms. The fourth-order valence-electron chi connectivity index (χ4n) is 1.20. The van der Waals surface area contributed by atoms with Crippen LogP contribution < -0.4 is 5.32 Å². The van der Waals surface area contributed by atoms with E-state index in [4.69, 9.17) is 0 Å². The largest absolute Gasteiger partial charge is 0.352 e. The van der Waals surface area contributed by atoms with Gasteiger partial charge in [0, 0.05) is 12.2 Å². The number of amides is 1. The molecule has 0 saturated heterocycles. The Bertz CT molecular complexity index is 346. The van der Waals surface area contributed by atoms with Crippen molar-refractivity contribution in [3.8, 4) is 0 Å². The molecular weight excluding hydrogens is 246 g/mol. The Morgan fingerprint density at radius 1 is 1.79 bits per heavy atom. The minimum Gasteiger partial charge on any atom is -0.352 e. The van der Waals surface area contributed by atoms with Crippen LogP contribution in [0.2, 0.25) is 0 Å². The van der Waals surface area contributed by atoms with Gasteiger partial charge in [0.15, 0.2) is 0 Å². The number of carbonyl (C=O) groups excluding carboxylic acids is 1. The van der Waals surface area contributed by atoms with Crippen LogP contribution in [0, 0.1) is 0 Å². The number of nitrogens with one attached hydrogen (secondary N) is 1. The molecule has 0 aliphatic heterocycles. The van der Waals surface area contributed by atoms with Crippen LogP contribution in [-0.2, 0) is 4.79 Å². The molecule has 0 radical (unpaired) electrons. The summed E-state index contributed by atoms with van der Waals surface area (Å²) >= 11 is 3.30. The Morgan fingerprint density at radius 3 is 3.00 bits per heavy atom. The highest BCUT2D eigenvalue weighted by molar-refractivity contribution is 9.10. The molecule has 76 valence electrons. The van der Waals surface area contributed by atoms with E-state index in [1.807, 2.05) is 6.92 Å². The molecule has 0 bridgehead atoms. The highest BCUT2D eigenvalue weighted by atomic mass is 79.9. The second kappa shape index (κ2) is 3.73. The fraction of sp³-hybridized carbons (Fsp3) is 0.556. The number of carbonyl (C=O) groups is 1. The van der Waals surface area contributed by atoms with Crippen LogP contribution in [0.3, 0.4) is 0 Å². The van der Waals surface area contributed by atoms with E-state index >= 15 is 0 Å². The van der Waals surface area contributed by atoms with Crippen molar-refractivity contribution in [1.29, 1.82) is 0 Å². The maximum absolute atomic E-state index is 11.6. The van der Waals surface area contributed by atoms with Crippen LogP contribution in [0.1, 0.15) is 25.8 Å². The third-order valence-electron chi connectivity index (χ3n) is 2.27. The van der Waals surface area contributed by atoms with E-state index in [1.165, 1.54) is 0 Å². The molecule has 1 heterocycles. The van der Waals surface area contributed by atoms with E-state index in [-0.39, 0.29) is 11.9 Å². The van der Waals surface area contributed by atoms with Crippen LogP contribution in [0.25, 0.3) is 0 Å². The third-order valence-corrected chi connectivity index (χ3v) is 2.68. The van der Waals surface area contributed by atoms with Gasteiger partial charge in [-0.15, -0.1) is 0 Å². The molecule has 0 aromatic carbocycles. The first kappa shape index (κ1) is 9.71. The van der Waals surface area contributed by atoms with Crippen molar-refractivity contribution in [2.75, 3.05) is 0 Å². The highest BCUT2D eigenvalue weighted by Crippen LogP contribution is 2.20. The van der Waals surface area contributed by atoms with Crippen molar-refractivity contribution >= 4 is 21.8 Å². The zero-order valence-corrected chi connectivity index (χ0v) is 9.49. The monoisotopic (exact) mass is 257 g/mol. The van der Waals surface area contributed by atoms with Gasteiger partial charge >= 0.3 is 0 Å². The minimum absolute atomic E-state index is 0.0445. The van der Waals surface area contributed by atoms with Crippen LogP contribution in [-0.4, -0.2) is 21.7 Å². The van der Waals surface area contributed by atoms with Crippen LogP contribution in [0.5, 0.6) is 0 Å². The fourth-order valence-corrected chi connectivity index (χ4v) is 1.50. The molecular formula is C9H12BrN3O. The molecule has 1 atom stereocenters. The maximum Gasteiger partial charge on any atom is 0.244 e. The summed E-state index contributed by atoms with van der Waals surface area (Å²) in [4.78, 5) is 11.6. The first-order chi connectivity index (χ1) is 6.66.